The highest BCUT2D eigenvalue weighted by atomic mass is 79.9. The summed E-state index contributed by atoms with van der Waals surface area (Å²) in [5, 5.41) is 3.51. The predicted octanol–water partition coefficient (Wildman–Crippen LogP) is 3.48. The van der Waals surface area contributed by atoms with Crippen LogP contribution in [-0.2, 0) is 19.3 Å². The number of piperidine rings is 1. The van der Waals surface area contributed by atoms with Crippen molar-refractivity contribution in [3.05, 3.63) is 33.3 Å². The van der Waals surface area contributed by atoms with Crippen LogP contribution in [0.15, 0.2) is 16.6 Å². The van der Waals surface area contributed by atoms with Gasteiger partial charge in [0.1, 0.15) is 0 Å². The normalized spacial score (nSPS) is 23.7. The number of benzene rings is 1. The molecule has 3 rings (SSSR count). The fraction of sp³-hybridized carbons (Fsp3) is 0.600. The second-order valence-corrected chi connectivity index (χ2v) is 6.34. The quantitative estimate of drug-likeness (QED) is 0.880. The molecule has 1 aliphatic heterocycles. The zero-order valence-corrected chi connectivity index (χ0v) is 11.9. The molecular weight excluding hydrogens is 274 g/mol. The lowest BCUT2D eigenvalue weighted by Crippen LogP contribution is -2.30. The summed E-state index contributed by atoms with van der Waals surface area (Å²) in [6.45, 7) is 2.42. The van der Waals surface area contributed by atoms with E-state index in [0.29, 0.717) is 0 Å². The van der Waals surface area contributed by atoms with E-state index in [9.17, 15) is 0 Å². The molecule has 17 heavy (non-hydrogen) atoms. The van der Waals surface area contributed by atoms with Gasteiger partial charge in [0.05, 0.1) is 0 Å². The second-order valence-electron chi connectivity index (χ2n) is 5.49. The minimum absolute atomic E-state index is 0.843. The van der Waals surface area contributed by atoms with Crippen molar-refractivity contribution in [2.45, 2.75) is 38.5 Å². The molecule has 0 amide bonds. The van der Waals surface area contributed by atoms with E-state index in [1.807, 2.05) is 0 Å². The van der Waals surface area contributed by atoms with Crippen LogP contribution in [0.5, 0.6) is 0 Å². The van der Waals surface area contributed by atoms with Gasteiger partial charge < -0.3 is 5.32 Å². The molecule has 1 fully saturated rings. The van der Waals surface area contributed by atoms with E-state index >= 15 is 0 Å². The number of hydrogen-bond acceptors (Lipinski definition) is 1. The average Bonchev–Trinajstić information content (AvgIpc) is 2.79. The van der Waals surface area contributed by atoms with Gasteiger partial charge in [0.15, 0.2) is 0 Å². The van der Waals surface area contributed by atoms with E-state index in [2.05, 4.69) is 33.4 Å². The molecule has 0 radical (unpaired) electrons. The van der Waals surface area contributed by atoms with Gasteiger partial charge in [-0.05, 0) is 80.3 Å². The lowest BCUT2D eigenvalue weighted by atomic mass is 9.91. The van der Waals surface area contributed by atoms with Crippen LogP contribution in [0.25, 0.3) is 0 Å². The maximum Gasteiger partial charge on any atom is 0.0212 e. The molecular formula is C15H20BrN. The van der Waals surface area contributed by atoms with Crippen LogP contribution in [0.4, 0.5) is 0 Å². The topological polar surface area (TPSA) is 12.0 Å². The summed E-state index contributed by atoms with van der Waals surface area (Å²) in [7, 11) is 0. The minimum atomic E-state index is 0.843. The molecule has 1 aliphatic carbocycles. The Balaban J connectivity index is 1.76. The van der Waals surface area contributed by atoms with Crippen molar-refractivity contribution in [1.29, 1.82) is 0 Å². The molecule has 1 aromatic carbocycles. The van der Waals surface area contributed by atoms with E-state index in [1.54, 1.807) is 11.1 Å². The summed E-state index contributed by atoms with van der Waals surface area (Å²) in [5.41, 5.74) is 4.69. The van der Waals surface area contributed by atoms with Crippen LogP contribution >= 0.6 is 15.9 Å². The Morgan fingerprint density at radius 3 is 3.00 bits per heavy atom. The molecule has 92 valence electrons. The number of aryl methyl sites for hydroxylation is 1. The molecule has 1 unspecified atom stereocenters. The number of fused-ring (bicyclic) bond motifs is 1. The summed E-state index contributed by atoms with van der Waals surface area (Å²) in [6.07, 6.45) is 7.87. The van der Waals surface area contributed by atoms with Crippen molar-refractivity contribution >= 4 is 15.9 Å². The molecule has 1 N–H and O–H groups in total. The smallest absolute Gasteiger partial charge is 0.0212 e. The van der Waals surface area contributed by atoms with Gasteiger partial charge in [-0.1, -0.05) is 22.0 Å². The second kappa shape index (κ2) is 5.11. The third-order valence-electron chi connectivity index (χ3n) is 4.14. The summed E-state index contributed by atoms with van der Waals surface area (Å²) in [6, 6.07) is 4.82. The molecule has 0 aromatic heterocycles. The highest BCUT2D eigenvalue weighted by Gasteiger charge is 2.18. The Labute approximate surface area is 112 Å². The average molecular weight is 294 g/mol. The maximum absolute atomic E-state index is 3.75. The van der Waals surface area contributed by atoms with Gasteiger partial charge in [-0.25, -0.2) is 0 Å². The molecule has 1 atom stereocenters. The summed E-state index contributed by atoms with van der Waals surface area (Å²) < 4.78 is 1.35. The van der Waals surface area contributed by atoms with E-state index in [0.717, 1.165) is 5.92 Å². The van der Waals surface area contributed by atoms with Crippen LogP contribution in [0.1, 0.15) is 36.0 Å². The third-order valence-corrected chi connectivity index (χ3v) is 4.85. The Morgan fingerprint density at radius 2 is 2.18 bits per heavy atom. The van der Waals surface area contributed by atoms with Crippen molar-refractivity contribution in [3.8, 4) is 0 Å². The van der Waals surface area contributed by atoms with Crippen LogP contribution in [0.2, 0.25) is 0 Å². The highest BCUT2D eigenvalue weighted by molar-refractivity contribution is 9.10. The molecule has 0 saturated carbocycles. The first-order chi connectivity index (χ1) is 8.33. The molecule has 2 aliphatic rings. The van der Waals surface area contributed by atoms with Gasteiger partial charge in [-0.15, -0.1) is 0 Å². The van der Waals surface area contributed by atoms with Crippen LogP contribution < -0.4 is 5.32 Å². The van der Waals surface area contributed by atoms with Crippen molar-refractivity contribution in [2.75, 3.05) is 13.1 Å². The number of rotatable bonds is 2. The Hall–Kier alpha value is -0.340. The maximum atomic E-state index is 3.75. The van der Waals surface area contributed by atoms with Gasteiger partial charge in [0.25, 0.3) is 0 Å². The fourth-order valence-electron chi connectivity index (χ4n) is 3.26. The SMILES string of the molecule is Brc1cc(CC2CCCNC2)cc2c1CCC2. The minimum Gasteiger partial charge on any atom is -0.316 e. The lowest BCUT2D eigenvalue weighted by Gasteiger charge is -2.23. The van der Waals surface area contributed by atoms with Crippen molar-refractivity contribution in [3.63, 3.8) is 0 Å². The van der Waals surface area contributed by atoms with E-state index in [4.69, 9.17) is 0 Å². The number of halogens is 1. The van der Waals surface area contributed by atoms with E-state index < -0.39 is 0 Å². The molecule has 0 bridgehead atoms. The van der Waals surface area contributed by atoms with Crippen LogP contribution in [0, 0.1) is 5.92 Å². The first kappa shape index (κ1) is 11.7. The zero-order valence-electron chi connectivity index (χ0n) is 10.3. The van der Waals surface area contributed by atoms with Crippen molar-refractivity contribution in [1.82, 2.24) is 5.32 Å². The van der Waals surface area contributed by atoms with Crippen molar-refractivity contribution in [2.24, 2.45) is 5.92 Å². The summed E-state index contributed by atoms with van der Waals surface area (Å²) in [5.74, 6) is 0.843. The first-order valence-electron chi connectivity index (χ1n) is 6.84. The molecule has 1 aromatic rings. The standard InChI is InChI=1S/C15H20BrN/c16-15-9-12(7-11-3-2-6-17-10-11)8-13-4-1-5-14(13)15/h8-9,11,17H,1-7,10H2. The van der Waals surface area contributed by atoms with E-state index in [-0.39, 0.29) is 0 Å². The lowest BCUT2D eigenvalue weighted by molar-refractivity contribution is 0.376. The first-order valence-corrected chi connectivity index (χ1v) is 7.63. The third kappa shape index (κ3) is 2.58. The molecule has 2 heteroatoms. The highest BCUT2D eigenvalue weighted by Crippen LogP contribution is 2.31. The molecule has 1 heterocycles. The van der Waals surface area contributed by atoms with Gasteiger partial charge in [-0.3, -0.25) is 0 Å². The Morgan fingerprint density at radius 1 is 1.24 bits per heavy atom. The zero-order chi connectivity index (χ0) is 11.7. The van der Waals surface area contributed by atoms with Crippen LogP contribution in [-0.4, -0.2) is 13.1 Å². The summed E-state index contributed by atoms with van der Waals surface area (Å²) >= 11 is 3.75. The molecule has 1 saturated heterocycles. The van der Waals surface area contributed by atoms with Gasteiger partial charge in [0.2, 0.25) is 0 Å². The molecule has 0 spiro atoms. The Bertz CT molecular complexity index is 408. The Kier molecular flexibility index (Phi) is 3.53. The fourth-order valence-corrected chi connectivity index (χ4v) is 4.01. The number of hydrogen-bond donors (Lipinski definition) is 1. The van der Waals surface area contributed by atoms with Crippen molar-refractivity contribution < 1.29 is 0 Å². The molecule has 1 nitrogen and oxygen atoms in total. The van der Waals surface area contributed by atoms with Gasteiger partial charge >= 0.3 is 0 Å². The predicted molar refractivity (Wildman–Crippen MR) is 75.5 cm³/mol. The van der Waals surface area contributed by atoms with Gasteiger partial charge in [-0.2, -0.15) is 0 Å². The summed E-state index contributed by atoms with van der Waals surface area (Å²) in [4.78, 5) is 0. The monoisotopic (exact) mass is 293 g/mol. The van der Waals surface area contributed by atoms with Crippen LogP contribution in [0.3, 0.4) is 0 Å². The number of nitrogens with one attached hydrogen (secondary N) is 1. The largest absolute Gasteiger partial charge is 0.316 e. The van der Waals surface area contributed by atoms with E-state index in [1.165, 1.54) is 61.7 Å². The van der Waals surface area contributed by atoms with Gasteiger partial charge in [0, 0.05) is 4.47 Å².